The Morgan fingerprint density at radius 2 is 2.04 bits per heavy atom. The van der Waals surface area contributed by atoms with Crippen molar-refractivity contribution in [1.82, 2.24) is 0 Å². The quantitative estimate of drug-likeness (QED) is 0.859. The van der Waals surface area contributed by atoms with Gasteiger partial charge in [-0.2, -0.15) is 0 Å². The van der Waals surface area contributed by atoms with Crippen LogP contribution in [0.4, 0.5) is 14.5 Å². The van der Waals surface area contributed by atoms with Gasteiger partial charge in [-0.25, -0.2) is 17.2 Å². The predicted molar refractivity (Wildman–Crippen MR) is 82.4 cm³/mol. The molecular weight excluding hydrogens is 328 g/mol. The van der Waals surface area contributed by atoms with E-state index in [-0.39, 0.29) is 25.1 Å². The highest BCUT2D eigenvalue weighted by molar-refractivity contribution is 7.92. The molecule has 0 aliphatic carbocycles. The Labute approximate surface area is 134 Å². The maximum Gasteiger partial charge on any atom is 0.311 e. The van der Waals surface area contributed by atoms with Gasteiger partial charge >= 0.3 is 5.97 Å². The maximum atomic E-state index is 12.8. The molecular formula is C15H19F2NO4S. The van der Waals surface area contributed by atoms with E-state index in [4.69, 9.17) is 0 Å². The van der Waals surface area contributed by atoms with Crippen LogP contribution < -0.4 is 4.31 Å². The molecule has 1 aliphatic rings. The molecule has 0 amide bonds. The fraction of sp³-hybridized carbons (Fsp3) is 0.533. The zero-order valence-corrected chi connectivity index (χ0v) is 13.5. The standard InChI is InChI=1S/C15H19F2NO4S/c1-15(16,17)8-4-10-23(21,22)18-9-7-12(14(19)20)11-5-2-3-6-13(11)18/h2-3,5-6,12H,4,7-10H2,1H3,(H,19,20). The van der Waals surface area contributed by atoms with Crippen molar-refractivity contribution in [2.75, 3.05) is 16.6 Å². The van der Waals surface area contributed by atoms with Gasteiger partial charge in [-0.3, -0.25) is 9.10 Å². The molecule has 8 heteroatoms. The van der Waals surface area contributed by atoms with Gasteiger partial charge in [0.1, 0.15) is 0 Å². The number of carboxylic acid groups (broad SMARTS) is 1. The Kier molecular flexibility index (Phi) is 4.93. The summed E-state index contributed by atoms with van der Waals surface area (Å²) in [6.45, 7) is 0.798. The van der Waals surface area contributed by atoms with Crippen LogP contribution in [-0.4, -0.2) is 37.7 Å². The van der Waals surface area contributed by atoms with Crippen LogP contribution in [0.25, 0.3) is 0 Å². The average Bonchev–Trinajstić information content (AvgIpc) is 2.44. The molecule has 1 aromatic carbocycles. The van der Waals surface area contributed by atoms with Crippen LogP contribution in [0.15, 0.2) is 24.3 Å². The molecule has 0 radical (unpaired) electrons. The number of anilines is 1. The number of rotatable bonds is 6. The van der Waals surface area contributed by atoms with Gasteiger partial charge in [0.05, 0.1) is 17.4 Å². The molecule has 2 rings (SSSR count). The number of para-hydroxylation sites is 1. The SMILES string of the molecule is CC(F)(F)CCCS(=O)(=O)N1CCC(C(=O)O)c2ccccc21. The summed E-state index contributed by atoms with van der Waals surface area (Å²) < 4.78 is 51.7. The number of sulfonamides is 1. The molecule has 0 spiro atoms. The second-order valence-electron chi connectivity index (χ2n) is 5.80. The van der Waals surface area contributed by atoms with Gasteiger partial charge in [0.25, 0.3) is 0 Å². The topological polar surface area (TPSA) is 74.7 Å². The average molecular weight is 347 g/mol. The highest BCUT2D eigenvalue weighted by atomic mass is 32.2. The van der Waals surface area contributed by atoms with Crippen molar-refractivity contribution in [3.05, 3.63) is 29.8 Å². The van der Waals surface area contributed by atoms with Crippen LogP contribution in [-0.2, 0) is 14.8 Å². The van der Waals surface area contributed by atoms with Gasteiger partial charge in [0, 0.05) is 13.0 Å². The fourth-order valence-corrected chi connectivity index (χ4v) is 4.33. The number of carbonyl (C=O) groups is 1. The monoisotopic (exact) mass is 347 g/mol. The Bertz CT molecular complexity index is 685. The Morgan fingerprint density at radius 1 is 1.39 bits per heavy atom. The summed E-state index contributed by atoms with van der Waals surface area (Å²) in [5.74, 6) is -5.04. The van der Waals surface area contributed by atoms with Crippen LogP contribution in [0.5, 0.6) is 0 Å². The normalized spacial score (nSPS) is 18.6. The lowest BCUT2D eigenvalue weighted by atomic mass is 9.91. The predicted octanol–water partition coefficient (Wildman–Crippen LogP) is 2.83. The molecule has 1 unspecified atom stereocenters. The number of halogens is 2. The molecule has 0 bridgehead atoms. The van der Waals surface area contributed by atoms with Crippen LogP contribution >= 0.6 is 0 Å². The molecule has 0 saturated heterocycles. The molecule has 0 saturated carbocycles. The first-order valence-electron chi connectivity index (χ1n) is 7.32. The zero-order valence-electron chi connectivity index (χ0n) is 12.7. The van der Waals surface area contributed by atoms with Crippen molar-refractivity contribution < 1.29 is 27.1 Å². The lowest BCUT2D eigenvalue weighted by molar-refractivity contribution is -0.139. The first-order valence-corrected chi connectivity index (χ1v) is 8.93. The van der Waals surface area contributed by atoms with Gasteiger partial charge in [0.15, 0.2) is 0 Å². The summed E-state index contributed by atoms with van der Waals surface area (Å²) in [5, 5.41) is 9.25. The summed E-state index contributed by atoms with van der Waals surface area (Å²) in [6, 6.07) is 6.43. The van der Waals surface area contributed by atoms with E-state index in [9.17, 15) is 27.1 Å². The van der Waals surface area contributed by atoms with Gasteiger partial charge in [-0.05, 0) is 31.4 Å². The third-order valence-electron chi connectivity index (χ3n) is 3.85. The van der Waals surface area contributed by atoms with Gasteiger partial charge in [-0.1, -0.05) is 18.2 Å². The smallest absolute Gasteiger partial charge is 0.311 e. The number of carboxylic acids is 1. The molecule has 1 N–H and O–H groups in total. The minimum Gasteiger partial charge on any atom is -0.481 e. The lowest BCUT2D eigenvalue weighted by Gasteiger charge is -2.33. The first-order chi connectivity index (χ1) is 10.6. The Hall–Kier alpha value is -1.70. The van der Waals surface area contributed by atoms with Gasteiger partial charge in [0.2, 0.25) is 15.9 Å². The largest absolute Gasteiger partial charge is 0.481 e. The molecule has 1 aromatic rings. The third kappa shape index (κ3) is 4.19. The third-order valence-corrected chi connectivity index (χ3v) is 5.71. The van der Waals surface area contributed by atoms with Crippen LogP contribution in [0, 0.1) is 0 Å². The van der Waals surface area contributed by atoms with Crippen molar-refractivity contribution >= 4 is 21.7 Å². The van der Waals surface area contributed by atoms with Crippen LogP contribution in [0.2, 0.25) is 0 Å². The number of aliphatic carboxylic acids is 1. The van der Waals surface area contributed by atoms with Crippen molar-refractivity contribution in [3.8, 4) is 0 Å². The summed E-state index contributed by atoms with van der Waals surface area (Å²) in [4.78, 5) is 11.3. The van der Waals surface area contributed by atoms with E-state index >= 15 is 0 Å². The summed E-state index contributed by atoms with van der Waals surface area (Å²) >= 11 is 0. The van der Waals surface area contributed by atoms with E-state index in [1.54, 1.807) is 24.3 Å². The van der Waals surface area contributed by atoms with Crippen molar-refractivity contribution in [2.24, 2.45) is 0 Å². The molecule has 1 aliphatic heterocycles. The highest BCUT2D eigenvalue weighted by Crippen LogP contribution is 2.37. The fourth-order valence-electron chi connectivity index (χ4n) is 2.75. The summed E-state index contributed by atoms with van der Waals surface area (Å²) in [6.07, 6.45) is -0.484. The number of hydrogen-bond donors (Lipinski definition) is 1. The van der Waals surface area contributed by atoms with E-state index in [1.807, 2.05) is 0 Å². The lowest BCUT2D eigenvalue weighted by Crippen LogP contribution is -2.39. The Morgan fingerprint density at radius 3 is 2.65 bits per heavy atom. The van der Waals surface area contributed by atoms with Crippen LogP contribution in [0.3, 0.4) is 0 Å². The number of nitrogens with zero attached hydrogens (tertiary/aromatic N) is 1. The zero-order chi connectivity index (χ0) is 17.3. The van der Waals surface area contributed by atoms with E-state index in [0.717, 1.165) is 11.2 Å². The van der Waals surface area contributed by atoms with Gasteiger partial charge in [-0.15, -0.1) is 0 Å². The number of hydrogen-bond acceptors (Lipinski definition) is 3. The van der Waals surface area contributed by atoms with Crippen molar-refractivity contribution in [1.29, 1.82) is 0 Å². The minimum atomic E-state index is -3.76. The second-order valence-corrected chi connectivity index (χ2v) is 7.81. The van der Waals surface area contributed by atoms with Crippen molar-refractivity contribution in [3.63, 3.8) is 0 Å². The number of fused-ring (bicyclic) bond motifs is 1. The molecule has 5 nitrogen and oxygen atoms in total. The summed E-state index contributed by atoms with van der Waals surface area (Å²) in [7, 11) is -3.76. The molecule has 0 aromatic heterocycles. The Balaban J connectivity index is 2.23. The second kappa shape index (κ2) is 6.43. The van der Waals surface area contributed by atoms with E-state index in [1.165, 1.54) is 0 Å². The molecule has 128 valence electrons. The van der Waals surface area contributed by atoms with E-state index in [2.05, 4.69) is 0 Å². The highest BCUT2D eigenvalue weighted by Gasteiger charge is 2.35. The first kappa shape index (κ1) is 17.7. The minimum absolute atomic E-state index is 0.0405. The molecule has 0 fully saturated rings. The van der Waals surface area contributed by atoms with Gasteiger partial charge < -0.3 is 5.11 Å². The van der Waals surface area contributed by atoms with Crippen LogP contribution in [0.1, 0.15) is 37.7 Å². The molecule has 1 heterocycles. The van der Waals surface area contributed by atoms with E-state index in [0.29, 0.717) is 11.3 Å². The molecule has 1 atom stereocenters. The van der Waals surface area contributed by atoms with Crippen molar-refractivity contribution in [2.45, 2.75) is 38.0 Å². The maximum absolute atomic E-state index is 12.8. The number of alkyl halides is 2. The summed E-state index contributed by atoms with van der Waals surface area (Å²) in [5.41, 5.74) is 0.769. The number of benzene rings is 1. The molecule has 23 heavy (non-hydrogen) atoms. The van der Waals surface area contributed by atoms with E-state index < -0.39 is 34.3 Å².